The second-order valence-electron chi connectivity index (χ2n) is 5.61. The molecule has 3 rings (SSSR count). The number of fused-ring (bicyclic) bond motifs is 1. The van der Waals surface area contributed by atoms with Crippen LogP contribution in [-0.2, 0) is 11.3 Å². The number of hydrogen-bond acceptors (Lipinski definition) is 3. The first kappa shape index (κ1) is 17.5. The first-order valence-electron chi connectivity index (χ1n) is 7.89. The number of hydrogen-bond donors (Lipinski definition) is 0. The highest BCUT2D eigenvalue weighted by molar-refractivity contribution is 5.98. The fraction of sp³-hybridized carbons (Fsp3) is 0.100. The lowest BCUT2D eigenvalue weighted by molar-refractivity contribution is -0.297. The van der Waals surface area contributed by atoms with Gasteiger partial charge in [0.25, 0.3) is 5.56 Å². The number of aliphatic carboxylic acids is 1. The van der Waals surface area contributed by atoms with Gasteiger partial charge in [-0.25, -0.2) is 8.78 Å². The van der Waals surface area contributed by atoms with Gasteiger partial charge in [-0.05, 0) is 47.4 Å². The van der Waals surface area contributed by atoms with Gasteiger partial charge in [0.2, 0.25) is 0 Å². The number of nitrogens with zero attached hydrogens (tertiary/aromatic N) is 1. The fourth-order valence-corrected chi connectivity index (χ4v) is 2.96. The van der Waals surface area contributed by atoms with Gasteiger partial charge in [0.1, 0.15) is 12.5 Å². The van der Waals surface area contributed by atoms with Crippen molar-refractivity contribution in [1.29, 1.82) is 0 Å². The average molecular weight is 354 g/mol. The Kier molecular flexibility index (Phi) is 4.93. The van der Waals surface area contributed by atoms with Crippen LogP contribution in [0.5, 0.6) is 0 Å². The van der Waals surface area contributed by atoms with Gasteiger partial charge in [-0.1, -0.05) is 24.3 Å². The molecule has 0 radical (unpaired) electrons. The van der Waals surface area contributed by atoms with Crippen LogP contribution in [0.3, 0.4) is 0 Å². The minimum Gasteiger partial charge on any atom is -0.545 e. The predicted molar refractivity (Wildman–Crippen MR) is 93.6 cm³/mol. The Bertz CT molecular complexity index is 1050. The van der Waals surface area contributed by atoms with Crippen LogP contribution in [0, 0.1) is 5.82 Å². The number of carbonyl (C=O) groups excluding carboxylic acids is 1. The summed E-state index contributed by atoms with van der Waals surface area (Å²) in [6.07, 6.45) is 2.16. The van der Waals surface area contributed by atoms with Crippen molar-refractivity contribution < 1.29 is 18.7 Å². The van der Waals surface area contributed by atoms with E-state index >= 15 is 0 Å². The van der Waals surface area contributed by atoms with E-state index in [0.717, 1.165) is 6.08 Å². The summed E-state index contributed by atoms with van der Waals surface area (Å²) in [4.78, 5) is 23.7. The number of benzene rings is 2. The van der Waals surface area contributed by atoms with E-state index in [1.54, 1.807) is 24.3 Å². The Morgan fingerprint density at radius 1 is 1.08 bits per heavy atom. The van der Waals surface area contributed by atoms with Gasteiger partial charge in [-0.3, -0.25) is 4.79 Å². The van der Waals surface area contributed by atoms with Crippen LogP contribution in [0.1, 0.15) is 5.56 Å². The maximum Gasteiger partial charge on any atom is 0.259 e. The van der Waals surface area contributed by atoms with Gasteiger partial charge in [-0.2, -0.15) is 0 Å². The van der Waals surface area contributed by atoms with Crippen LogP contribution in [0.25, 0.3) is 28.1 Å². The molecule has 3 aromatic rings. The summed E-state index contributed by atoms with van der Waals surface area (Å²) < 4.78 is 27.7. The minimum atomic E-state index is -1.40. The molecule has 132 valence electrons. The Labute approximate surface area is 147 Å². The monoisotopic (exact) mass is 354 g/mol. The summed E-state index contributed by atoms with van der Waals surface area (Å²) in [7, 11) is 0. The summed E-state index contributed by atoms with van der Waals surface area (Å²) in [5.41, 5.74) is 0.817. The van der Waals surface area contributed by atoms with Crippen LogP contribution in [0.2, 0.25) is 0 Å². The first-order chi connectivity index (χ1) is 12.5. The Morgan fingerprint density at radius 3 is 2.35 bits per heavy atom. The van der Waals surface area contributed by atoms with Crippen LogP contribution in [0.15, 0.2) is 59.4 Å². The number of pyridine rings is 1. The molecule has 2 aromatic carbocycles. The molecule has 0 saturated heterocycles. The highest BCUT2D eigenvalue weighted by Gasteiger charge is 2.16. The molecule has 0 aliphatic carbocycles. The van der Waals surface area contributed by atoms with Crippen molar-refractivity contribution in [2.45, 2.75) is 6.54 Å². The van der Waals surface area contributed by atoms with Crippen molar-refractivity contribution in [3.05, 3.63) is 76.3 Å². The second kappa shape index (κ2) is 7.31. The third-order valence-electron chi connectivity index (χ3n) is 4.03. The summed E-state index contributed by atoms with van der Waals surface area (Å²) in [6, 6.07) is 12.0. The van der Waals surface area contributed by atoms with E-state index in [1.807, 2.05) is 0 Å². The number of rotatable bonds is 5. The highest BCUT2D eigenvalue weighted by Crippen LogP contribution is 2.30. The molecule has 0 atom stereocenters. The number of alkyl halides is 1. The summed E-state index contributed by atoms with van der Waals surface area (Å²) in [5.74, 6) is -1.86. The van der Waals surface area contributed by atoms with Gasteiger partial charge in [-0.15, -0.1) is 0 Å². The fourth-order valence-electron chi connectivity index (χ4n) is 2.96. The molecule has 0 aliphatic heterocycles. The molecule has 0 spiro atoms. The van der Waals surface area contributed by atoms with Crippen molar-refractivity contribution in [3.63, 3.8) is 0 Å². The predicted octanol–water partition coefficient (Wildman–Crippen LogP) is 2.54. The first-order valence-corrected chi connectivity index (χ1v) is 7.89. The molecule has 0 unspecified atom stereocenters. The van der Waals surface area contributed by atoms with E-state index in [0.29, 0.717) is 27.6 Å². The quantitative estimate of drug-likeness (QED) is 0.662. The van der Waals surface area contributed by atoms with E-state index in [2.05, 4.69) is 0 Å². The number of carbonyl (C=O) groups is 1. The van der Waals surface area contributed by atoms with Gasteiger partial charge in [0.05, 0.1) is 18.2 Å². The lowest BCUT2D eigenvalue weighted by Crippen LogP contribution is -2.24. The number of carboxylic acids is 1. The molecule has 26 heavy (non-hydrogen) atoms. The molecule has 1 heterocycles. The molecular weight excluding hydrogens is 340 g/mol. The standard InChI is InChI=1S/C20H15F2NO3/c21-11-12-23-19(13-5-7-14(22)8-6-13)16(9-10-18(24)25)15-3-1-2-4-17(15)20(23)26/h1-10H,11-12H2,(H,24,25)/p-1/b10-9+. The SMILES string of the molecule is O=C([O-])/C=C/c1c(-c2ccc(F)cc2)n(CCF)c(=O)c2ccccc12. The zero-order valence-electron chi connectivity index (χ0n) is 13.6. The van der Waals surface area contributed by atoms with Crippen LogP contribution >= 0.6 is 0 Å². The van der Waals surface area contributed by atoms with Crippen LogP contribution in [0.4, 0.5) is 8.78 Å². The second-order valence-corrected chi connectivity index (χ2v) is 5.61. The van der Waals surface area contributed by atoms with Gasteiger partial charge in [0, 0.05) is 10.9 Å². The van der Waals surface area contributed by atoms with Gasteiger partial charge < -0.3 is 14.5 Å². The average Bonchev–Trinajstić information content (AvgIpc) is 2.63. The van der Waals surface area contributed by atoms with Gasteiger partial charge >= 0.3 is 0 Å². The Morgan fingerprint density at radius 2 is 1.73 bits per heavy atom. The molecule has 0 saturated carbocycles. The minimum absolute atomic E-state index is 0.206. The van der Waals surface area contributed by atoms with Gasteiger partial charge in [0.15, 0.2) is 0 Å². The third kappa shape index (κ3) is 3.26. The smallest absolute Gasteiger partial charge is 0.259 e. The summed E-state index contributed by atoms with van der Waals surface area (Å²) >= 11 is 0. The molecule has 1 aromatic heterocycles. The van der Waals surface area contributed by atoms with E-state index in [1.165, 1.54) is 34.9 Å². The molecule has 0 fully saturated rings. The molecule has 4 nitrogen and oxygen atoms in total. The maximum absolute atomic E-state index is 13.3. The molecule has 0 amide bonds. The lowest BCUT2D eigenvalue weighted by Gasteiger charge is -2.18. The van der Waals surface area contributed by atoms with Crippen molar-refractivity contribution in [1.82, 2.24) is 4.57 Å². The van der Waals surface area contributed by atoms with Crippen molar-refractivity contribution in [2.24, 2.45) is 0 Å². The van der Waals surface area contributed by atoms with E-state index in [4.69, 9.17) is 0 Å². The number of carboxylic acid groups (broad SMARTS) is 1. The molecule has 6 heteroatoms. The topological polar surface area (TPSA) is 62.1 Å². The molecule has 0 N–H and O–H groups in total. The van der Waals surface area contributed by atoms with E-state index in [-0.39, 0.29) is 6.54 Å². The van der Waals surface area contributed by atoms with Crippen LogP contribution < -0.4 is 10.7 Å². The largest absolute Gasteiger partial charge is 0.545 e. The lowest BCUT2D eigenvalue weighted by atomic mass is 9.98. The number of aromatic nitrogens is 1. The Balaban J connectivity index is 2.46. The Hall–Kier alpha value is -3.28. The third-order valence-corrected chi connectivity index (χ3v) is 4.03. The summed E-state index contributed by atoms with van der Waals surface area (Å²) in [6.45, 7) is -0.987. The van der Waals surface area contributed by atoms with Crippen molar-refractivity contribution in [3.8, 4) is 11.3 Å². The van der Waals surface area contributed by atoms with Crippen molar-refractivity contribution >= 4 is 22.8 Å². The zero-order chi connectivity index (χ0) is 18.7. The maximum atomic E-state index is 13.3. The summed E-state index contributed by atoms with van der Waals surface area (Å²) in [5, 5.41) is 11.8. The zero-order valence-corrected chi connectivity index (χ0v) is 13.6. The highest BCUT2D eigenvalue weighted by atomic mass is 19.1. The molecule has 0 bridgehead atoms. The normalized spacial score (nSPS) is 11.3. The van der Waals surface area contributed by atoms with E-state index < -0.39 is 24.0 Å². The number of halogens is 2. The molecule has 0 aliphatic rings. The molecular formula is C20H14F2NO3-. The van der Waals surface area contributed by atoms with Crippen LogP contribution in [-0.4, -0.2) is 17.2 Å². The van der Waals surface area contributed by atoms with Crippen molar-refractivity contribution in [2.75, 3.05) is 6.67 Å². The van der Waals surface area contributed by atoms with E-state index in [9.17, 15) is 23.5 Å².